The Bertz CT molecular complexity index is 832. The van der Waals surface area contributed by atoms with Crippen LogP contribution >= 0.6 is 0 Å². The molecule has 0 radical (unpaired) electrons. The van der Waals surface area contributed by atoms with Crippen LogP contribution in [0.25, 0.3) is 0 Å². The first kappa shape index (κ1) is 22.8. The molecular formula is C25H35N5O. The smallest absolute Gasteiger partial charge is 0.244 e. The monoisotopic (exact) mass is 421 g/mol. The van der Waals surface area contributed by atoms with Gasteiger partial charge in [0.1, 0.15) is 6.54 Å². The number of hydrogen-bond donors (Lipinski definition) is 2. The fourth-order valence-corrected chi connectivity index (χ4v) is 4.23. The van der Waals surface area contributed by atoms with Crippen LogP contribution in [0.1, 0.15) is 43.9 Å². The predicted octanol–water partition coefficient (Wildman–Crippen LogP) is 3.15. The van der Waals surface area contributed by atoms with Crippen molar-refractivity contribution in [3.8, 4) is 0 Å². The van der Waals surface area contributed by atoms with E-state index in [1.165, 1.54) is 31.2 Å². The number of carbonyl (C=O) groups excluding carboxylic acids is 1. The van der Waals surface area contributed by atoms with E-state index in [1.807, 2.05) is 32.2 Å². The van der Waals surface area contributed by atoms with Crippen molar-refractivity contribution in [2.24, 2.45) is 4.99 Å². The highest BCUT2D eigenvalue weighted by atomic mass is 16.2. The molecule has 1 fully saturated rings. The lowest BCUT2D eigenvalue weighted by molar-refractivity contribution is -0.128. The van der Waals surface area contributed by atoms with Crippen molar-refractivity contribution in [1.82, 2.24) is 20.5 Å². The maximum Gasteiger partial charge on any atom is 0.244 e. The molecular weight excluding hydrogens is 386 g/mol. The maximum atomic E-state index is 12.6. The van der Waals surface area contributed by atoms with E-state index in [-0.39, 0.29) is 17.9 Å². The minimum atomic E-state index is 0.00627. The largest absolute Gasteiger partial charge is 0.357 e. The van der Waals surface area contributed by atoms with Gasteiger partial charge in [0.25, 0.3) is 0 Å². The van der Waals surface area contributed by atoms with Crippen LogP contribution in [0.5, 0.6) is 0 Å². The van der Waals surface area contributed by atoms with Gasteiger partial charge in [0.2, 0.25) is 5.91 Å². The molecule has 2 N–H and O–H groups in total. The molecule has 3 rings (SSSR count). The SMILES string of the molecule is CCNC(=NCC(=O)N(C)CCc1ccccn1)NCC1(c2ccccc2)CCCC1. The summed E-state index contributed by atoms with van der Waals surface area (Å²) in [6.45, 7) is 4.39. The molecule has 1 aromatic heterocycles. The minimum Gasteiger partial charge on any atom is -0.357 e. The van der Waals surface area contributed by atoms with E-state index in [0.29, 0.717) is 12.5 Å². The highest BCUT2D eigenvalue weighted by Crippen LogP contribution is 2.40. The van der Waals surface area contributed by atoms with Crippen LogP contribution in [0.2, 0.25) is 0 Å². The number of carbonyl (C=O) groups is 1. The summed E-state index contributed by atoms with van der Waals surface area (Å²) in [6.07, 6.45) is 7.39. The summed E-state index contributed by atoms with van der Waals surface area (Å²) in [5.74, 6) is 0.711. The molecule has 1 aromatic carbocycles. The van der Waals surface area contributed by atoms with Gasteiger partial charge in [-0.05, 0) is 37.5 Å². The lowest BCUT2D eigenvalue weighted by Gasteiger charge is -2.31. The van der Waals surface area contributed by atoms with E-state index < -0.39 is 0 Å². The Morgan fingerprint density at radius 1 is 1.10 bits per heavy atom. The Kier molecular flexibility index (Phi) is 8.44. The topological polar surface area (TPSA) is 69.6 Å². The van der Waals surface area contributed by atoms with Gasteiger partial charge in [-0.15, -0.1) is 0 Å². The zero-order valence-corrected chi connectivity index (χ0v) is 18.8. The van der Waals surface area contributed by atoms with E-state index in [1.54, 1.807) is 11.1 Å². The lowest BCUT2D eigenvalue weighted by Crippen LogP contribution is -2.45. The third-order valence-electron chi connectivity index (χ3n) is 6.11. The summed E-state index contributed by atoms with van der Waals surface area (Å²) in [6, 6.07) is 16.6. The molecule has 1 aliphatic carbocycles. The Balaban J connectivity index is 1.56. The fraction of sp³-hybridized carbons (Fsp3) is 0.480. The molecule has 31 heavy (non-hydrogen) atoms. The molecule has 2 aromatic rings. The van der Waals surface area contributed by atoms with Crippen LogP contribution in [-0.4, -0.2) is 55.0 Å². The number of amides is 1. The first-order valence-electron chi connectivity index (χ1n) is 11.3. The predicted molar refractivity (Wildman–Crippen MR) is 126 cm³/mol. The molecule has 6 heteroatoms. The van der Waals surface area contributed by atoms with Crippen molar-refractivity contribution >= 4 is 11.9 Å². The summed E-state index contributed by atoms with van der Waals surface area (Å²) in [7, 11) is 1.82. The molecule has 0 spiro atoms. The molecule has 0 unspecified atom stereocenters. The second-order valence-electron chi connectivity index (χ2n) is 8.29. The summed E-state index contributed by atoms with van der Waals surface area (Å²) >= 11 is 0. The van der Waals surface area contributed by atoms with Gasteiger partial charge in [0.15, 0.2) is 5.96 Å². The summed E-state index contributed by atoms with van der Waals surface area (Å²) < 4.78 is 0. The van der Waals surface area contributed by atoms with E-state index in [0.717, 1.165) is 25.2 Å². The second kappa shape index (κ2) is 11.5. The normalized spacial score (nSPS) is 15.5. The number of nitrogens with one attached hydrogen (secondary N) is 2. The third-order valence-corrected chi connectivity index (χ3v) is 6.11. The molecule has 0 aliphatic heterocycles. The average molecular weight is 422 g/mol. The van der Waals surface area contributed by atoms with Crippen molar-refractivity contribution in [3.63, 3.8) is 0 Å². The first-order valence-corrected chi connectivity index (χ1v) is 11.3. The standard InChI is InChI=1S/C25H35N5O/c1-3-26-24(28-19-23(31)30(2)18-14-22-13-7-10-17-27-22)29-20-25(15-8-9-16-25)21-11-5-4-6-12-21/h4-7,10-13,17H,3,8-9,14-16,18-20H2,1-2H3,(H2,26,28,29). The third kappa shape index (κ3) is 6.54. The van der Waals surface area contributed by atoms with E-state index >= 15 is 0 Å². The summed E-state index contributed by atoms with van der Waals surface area (Å²) in [5, 5.41) is 6.80. The van der Waals surface area contributed by atoms with Crippen LogP contribution in [0.15, 0.2) is 59.7 Å². The zero-order chi connectivity index (χ0) is 21.9. The van der Waals surface area contributed by atoms with Crippen molar-refractivity contribution < 1.29 is 4.79 Å². The van der Waals surface area contributed by atoms with E-state index in [9.17, 15) is 4.79 Å². The van der Waals surface area contributed by atoms with Crippen molar-refractivity contribution in [1.29, 1.82) is 0 Å². The van der Waals surface area contributed by atoms with Crippen molar-refractivity contribution in [3.05, 3.63) is 66.0 Å². The highest BCUT2D eigenvalue weighted by molar-refractivity contribution is 5.84. The van der Waals surface area contributed by atoms with E-state index in [2.05, 4.69) is 50.9 Å². The Morgan fingerprint density at radius 2 is 1.84 bits per heavy atom. The minimum absolute atomic E-state index is 0.00627. The summed E-state index contributed by atoms with van der Waals surface area (Å²) in [5.41, 5.74) is 2.52. The average Bonchev–Trinajstić information content (AvgIpc) is 3.30. The number of aliphatic imine (C=N–C) groups is 1. The Hall–Kier alpha value is -2.89. The van der Waals surface area contributed by atoms with Crippen LogP contribution in [0, 0.1) is 0 Å². The van der Waals surface area contributed by atoms with Crippen LogP contribution in [-0.2, 0) is 16.6 Å². The molecule has 0 atom stereocenters. The number of likely N-dealkylation sites (N-methyl/N-ethyl adjacent to an activating group) is 1. The van der Waals surface area contributed by atoms with Gasteiger partial charge in [-0.2, -0.15) is 0 Å². The molecule has 166 valence electrons. The lowest BCUT2D eigenvalue weighted by atomic mass is 9.79. The zero-order valence-electron chi connectivity index (χ0n) is 18.8. The number of benzene rings is 1. The van der Waals surface area contributed by atoms with Crippen molar-refractivity contribution in [2.45, 2.75) is 44.4 Å². The van der Waals surface area contributed by atoms with E-state index in [4.69, 9.17) is 0 Å². The number of guanidine groups is 1. The molecule has 1 saturated carbocycles. The van der Waals surface area contributed by atoms with Crippen LogP contribution in [0.3, 0.4) is 0 Å². The quantitative estimate of drug-likeness (QED) is 0.482. The molecule has 1 amide bonds. The Labute approximate surface area is 186 Å². The van der Waals surface area contributed by atoms with Gasteiger partial charge in [-0.3, -0.25) is 9.78 Å². The van der Waals surface area contributed by atoms with Crippen molar-refractivity contribution in [2.75, 3.05) is 33.2 Å². The number of rotatable bonds is 9. The number of nitrogens with zero attached hydrogens (tertiary/aromatic N) is 3. The highest BCUT2D eigenvalue weighted by Gasteiger charge is 2.35. The van der Waals surface area contributed by atoms with Gasteiger partial charge in [-0.1, -0.05) is 49.2 Å². The molecule has 0 bridgehead atoms. The molecule has 6 nitrogen and oxygen atoms in total. The number of hydrogen-bond acceptors (Lipinski definition) is 3. The fourth-order valence-electron chi connectivity index (χ4n) is 4.23. The van der Waals surface area contributed by atoms with Gasteiger partial charge < -0.3 is 15.5 Å². The van der Waals surface area contributed by atoms with Gasteiger partial charge in [0.05, 0.1) is 0 Å². The van der Waals surface area contributed by atoms with Crippen LogP contribution in [0.4, 0.5) is 0 Å². The summed E-state index contributed by atoms with van der Waals surface area (Å²) in [4.78, 5) is 23.2. The first-order chi connectivity index (χ1) is 15.1. The van der Waals surface area contributed by atoms with Crippen LogP contribution < -0.4 is 10.6 Å². The number of aromatic nitrogens is 1. The molecule has 1 heterocycles. The van der Waals surface area contributed by atoms with Gasteiger partial charge >= 0.3 is 0 Å². The van der Waals surface area contributed by atoms with Gasteiger partial charge in [-0.25, -0.2) is 4.99 Å². The molecule has 0 saturated heterocycles. The number of pyridine rings is 1. The van der Waals surface area contributed by atoms with Gasteiger partial charge in [0, 0.05) is 50.4 Å². The second-order valence-corrected chi connectivity index (χ2v) is 8.29. The maximum absolute atomic E-state index is 12.6. The Morgan fingerprint density at radius 3 is 2.52 bits per heavy atom. The molecule has 1 aliphatic rings.